The van der Waals surface area contributed by atoms with Crippen molar-refractivity contribution >= 4 is 29.9 Å². The Bertz CT molecular complexity index is 787. The van der Waals surface area contributed by atoms with Gasteiger partial charge in [-0.05, 0) is 101 Å². The van der Waals surface area contributed by atoms with Crippen molar-refractivity contribution in [2.24, 2.45) is 35.0 Å². The molecule has 4 aliphatic carbocycles. The summed E-state index contributed by atoms with van der Waals surface area (Å²) in [6.07, 6.45) is 5.63. The average Bonchev–Trinajstić information content (AvgIpc) is 3.23. The highest BCUT2D eigenvalue weighted by atomic mass is 33.1. The first kappa shape index (κ1) is 24.1. The second kappa shape index (κ2) is 7.70. The third-order valence-corrected chi connectivity index (χ3v) is 14.0. The maximum absolute atomic E-state index is 14.8. The fourth-order valence-electron chi connectivity index (χ4n) is 8.71. The summed E-state index contributed by atoms with van der Waals surface area (Å²) >= 11 is 0. The summed E-state index contributed by atoms with van der Waals surface area (Å²) < 4.78 is 51.0. The first-order valence-electron chi connectivity index (χ1n) is 12.6. The highest BCUT2D eigenvalue weighted by Crippen LogP contribution is 2.70. The smallest absolute Gasteiger partial charge is 0.403 e. The van der Waals surface area contributed by atoms with Crippen molar-refractivity contribution in [3.8, 4) is 0 Å². The van der Waals surface area contributed by atoms with Crippen LogP contribution in [0.3, 0.4) is 0 Å². The molecular weight excluding hydrogens is 465 g/mol. The number of alkyl halides is 3. The van der Waals surface area contributed by atoms with E-state index in [9.17, 15) is 13.2 Å². The third-order valence-electron chi connectivity index (χ3n) is 9.81. The van der Waals surface area contributed by atoms with Crippen LogP contribution in [0.2, 0.25) is 19.6 Å². The molecule has 0 aromatic carbocycles. The quantitative estimate of drug-likeness (QED) is 0.212. The van der Waals surface area contributed by atoms with Crippen molar-refractivity contribution in [1.29, 1.82) is 0 Å². The van der Waals surface area contributed by atoms with Crippen molar-refractivity contribution in [3.05, 3.63) is 11.6 Å². The Morgan fingerprint density at radius 1 is 1.06 bits per heavy atom. The third kappa shape index (κ3) is 3.52. The number of halogens is 3. The number of hydrogen-bond donors (Lipinski definition) is 0. The minimum atomic E-state index is -4.30. The van der Waals surface area contributed by atoms with Crippen LogP contribution in [0.15, 0.2) is 11.6 Å². The number of hydrogen-bond acceptors (Lipinski definition) is 3. The van der Waals surface area contributed by atoms with Gasteiger partial charge in [0.2, 0.25) is 0 Å². The molecule has 0 amide bonds. The molecule has 0 radical (unpaired) electrons. The van der Waals surface area contributed by atoms with E-state index >= 15 is 0 Å². The monoisotopic (exact) mass is 504 g/mol. The zero-order valence-corrected chi connectivity index (χ0v) is 22.8. The predicted octanol–water partition coefficient (Wildman–Crippen LogP) is 8.48. The predicted molar refractivity (Wildman–Crippen MR) is 132 cm³/mol. The van der Waals surface area contributed by atoms with Gasteiger partial charge in [-0.25, -0.2) is 0 Å². The molecule has 4 fully saturated rings. The minimum absolute atomic E-state index is 0.128. The molecule has 3 saturated carbocycles. The van der Waals surface area contributed by atoms with Crippen molar-refractivity contribution in [2.45, 2.75) is 101 Å². The van der Waals surface area contributed by atoms with E-state index < -0.39 is 25.5 Å². The van der Waals surface area contributed by atoms with Crippen LogP contribution in [0.25, 0.3) is 0 Å². The van der Waals surface area contributed by atoms with E-state index in [2.05, 4.69) is 23.8 Å². The van der Waals surface area contributed by atoms with Crippen molar-refractivity contribution in [3.63, 3.8) is 0 Å². The maximum atomic E-state index is 14.8. The van der Waals surface area contributed by atoms with Gasteiger partial charge >= 0.3 is 6.18 Å². The van der Waals surface area contributed by atoms with Gasteiger partial charge in [-0.3, -0.25) is 0 Å². The van der Waals surface area contributed by atoms with Gasteiger partial charge in [0.1, 0.15) is 0 Å². The van der Waals surface area contributed by atoms with Gasteiger partial charge < -0.3 is 4.43 Å². The minimum Gasteiger partial charge on any atom is -0.403 e. The van der Waals surface area contributed by atoms with Crippen molar-refractivity contribution < 1.29 is 17.6 Å². The molecule has 32 heavy (non-hydrogen) atoms. The molecule has 0 bridgehead atoms. The fourth-order valence-corrected chi connectivity index (χ4v) is 13.5. The zero-order chi connectivity index (χ0) is 23.2. The number of fused-ring (bicyclic) bond motifs is 5. The maximum Gasteiger partial charge on any atom is 0.416 e. The summed E-state index contributed by atoms with van der Waals surface area (Å²) in [4.78, 5) is 0. The number of rotatable bonds is 2. The molecule has 7 heteroatoms. The Balaban J connectivity index is 1.48. The molecule has 1 nitrogen and oxygen atoms in total. The Morgan fingerprint density at radius 2 is 1.81 bits per heavy atom. The Hall–Kier alpha value is 0.407. The Morgan fingerprint density at radius 3 is 2.44 bits per heavy atom. The molecule has 1 spiro atoms. The van der Waals surface area contributed by atoms with Crippen molar-refractivity contribution in [1.82, 2.24) is 0 Å². The summed E-state index contributed by atoms with van der Waals surface area (Å²) in [5.41, 5.74) is -1.10. The van der Waals surface area contributed by atoms with E-state index in [1.165, 1.54) is 25.0 Å². The Labute approximate surface area is 201 Å². The summed E-state index contributed by atoms with van der Waals surface area (Å²) in [6, 6.07) is 0. The molecule has 8 atom stereocenters. The highest BCUT2D eigenvalue weighted by Gasteiger charge is 2.74. The lowest BCUT2D eigenvalue weighted by atomic mass is 9.48. The molecule has 5 aliphatic rings. The molecule has 1 saturated heterocycles. The highest BCUT2D eigenvalue weighted by molar-refractivity contribution is 8.77. The van der Waals surface area contributed by atoms with Crippen LogP contribution in [0.1, 0.15) is 65.2 Å². The lowest BCUT2D eigenvalue weighted by Crippen LogP contribution is -2.63. The summed E-state index contributed by atoms with van der Waals surface area (Å²) in [5.74, 6) is 3.43. The molecule has 1 unspecified atom stereocenters. The van der Waals surface area contributed by atoms with Gasteiger partial charge in [0, 0.05) is 15.9 Å². The first-order valence-corrected chi connectivity index (χ1v) is 18.3. The van der Waals surface area contributed by atoms with Gasteiger partial charge in [0.05, 0.1) is 0 Å². The summed E-state index contributed by atoms with van der Waals surface area (Å²) in [6.45, 7) is 10.0. The van der Waals surface area contributed by atoms with Gasteiger partial charge in [-0.1, -0.05) is 47.1 Å². The van der Waals surface area contributed by atoms with Gasteiger partial charge in [-0.15, -0.1) is 0 Å². The van der Waals surface area contributed by atoms with Gasteiger partial charge in [0.25, 0.3) is 0 Å². The lowest BCUT2D eigenvalue weighted by molar-refractivity contribution is -0.295. The van der Waals surface area contributed by atoms with E-state index in [0.29, 0.717) is 41.3 Å². The first-order chi connectivity index (χ1) is 14.8. The molecule has 5 rings (SSSR count). The van der Waals surface area contributed by atoms with Crippen LogP contribution in [0.5, 0.6) is 0 Å². The van der Waals surface area contributed by atoms with Crippen LogP contribution in [-0.2, 0) is 4.43 Å². The zero-order valence-electron chi connectivity index (χ0n) is 20.2. The Kier molecular flexibility index (Phi) is 5.80. The fraction of sp³-hybridized carbons (Fsp3) is 0.920. The van der Waals surface area contributed by atoms with E-state index in [1.807, 2.05) is 37.4 Å². The standard InChI is InChI=1S/C25H39F3OS2Si/c1-16-14-17-15-23(12-13-30-31-23)10-7-18(17)19-6-9-22(2)20(21(16)19)8-11-24(22,25(26,27)28)29-32(3,4)5/h15-16,18-21H,6-14H2,1-5H3/t16-,18+,19-,20+,21-,22+,23?,24+/m1/s1. The van der Waals surface area contributed by atoms with E-state index in [1.54, 1.807) is 5.57 Å². The van der Waals surface area contributed by atoms with Crippen LogP contribution in [-0.4, -0.2) is 30.6 Å². The molecule has 0 aromatic heterocycles. The van der Waals surface area contributed by atoms with Crippen LogP contribution < -0.4 is 0 Å². The van der Waals surface area contributed by atoms with Crippen LogP contribution in [0, 0.1) is 35.0 Å². The van der Waals surface area contributed by atoms with E-state index in [4.69, 9.17) is 4.43 Å². The van der Waals surface area contributed by atoms with E-state index in [0.717, 1.165) is 12.8 Å². The molecule has 0 N–H and O–H groups in total. The summed E-state index contributed by atoms with van der Waals surface area (Å²) in [5, 5.41) is 0. The van der Waals surface area contributed by atoms with Crippen LogP contribution in [0.4, 0.5) is 13.2 Å². The second-order valence-corrected chi connectivity index (χ2v) is 19.9. The lowest BCUT2D eigenvalue weighted by Gasteiger charge is -2.59. The van der Waals surface area contributed by atoms with Crippen LogP contribution >= 0.6 is 21.6 Å². The molecule has 1 aliphatic heterocycles. The second-order valence-electron chi connectivity index (χ2n) is 12.6. The normalized spacial score (nSPS) is 48.9. The topological polar surface area (TPSA) is 9.23 Å². The average molecular weight is 505 g/mol. The SMILES string of the molecule is C[C@@H]1CC2=CC3(CCSS3)CC[C@@H]2[C@H]2CC[C@@]3(C)[C@@H](CC[C@@]3(O[Si](C)(C)C)C(F)(F)F)[C@@H]21. The molecule has 0 aromatic rings. The largest absolute Gasteiger partial charge is 0.416 e. The van der Waals surface area contributed by atoms with E-state index in [-0.39, 0.29) is 12.3 Å². The molecular formula is C25H39F3OS2Si. The molecule has 1 heterocycles. The van der Waals surface area contributed by atoms with Gasteiger partial charge in [-0.2, -0.15) is 13.2 Å². The number of allylic oxidation sites excluding steroid dienone is 1. The molecule has 182 valence electrons. The van der Waals surface area contributed by atoms with Gasteiger partial charge in [0.15, 0.2) is 13.9 Å². The van der Waals surface area contributed by atoms with Crippen molar-refractivity contribution in [2.75, 3.05) is 5.75 Å². The summed E-state index contributed by atoms with van der Waals surface area (Å²) in [7, 11) is 1.72.